The van der Waals surface area contributed by atoms with Gasteiger partial charge in [0.15, 0.2) is 6.10 Å². The largest absolute Gasteiger partial charge is 0.482 e. The number of rotatable bonds is 2. The minimum absolute atomic E-state index is 0.0163. The standard InChI is InChI=1S/C16H11BrN2O2/c17-10-6-11-12(8-19-16(11)18-7-10)15(20)14-5-9-3-1-2-4-13(9)21-14/h1-4,6-8,14H,5H2,(H,18,19). The minimum atomic E-state index is -0.458. The molecule has 0 fully saturated rings. The van der Waals surface area contributed by atoms with Gasteiger partial charge < -0.3 is 9.72 Å². The number of hydrogen-bond acceptors (Lipinski definition) is 3. The molecule has 1 aliphatic heterocycles. The number of para-hydroxylation sites is 1. The second-order valence-corrected chi connectivity index (χ2v) is 5.95. The summed E-state index contributed by atoms with van der Waals surface area (Å²) in [4.78, 5) is 20.0. The summed E-state index contributed by atoms with van der Waals surface area (Å²) in [6.07, 6.45) is 3.57. The van der Waals surface area contributed by atoms with Crippen LogP contribution in [-0.4, -0.2) is 21.9 Å². The summed E-state index contributed by atoms with van der Waals surface area (Å²) in [6, 6.07) is 9.67. The second-order valence-electron chi connectivity index (χ2n) is 5.03. The molecule has 4 rings (SSSR count). The quantitative estimate of drug-likeness (QED) is 0.725. The highest BCUT2D eigenvalue weighted by molar-refractivity contribution is 9.10. The molecule has 3 heterocycles. The Morgan fingerprint density at radius 2 is 2.24 bits per heavy atom. The number of carbonyl (C=O) groups excluding carboxylic acids is 1. The third-order valence-corrected chi connectivity index (χ3v) is 4.14. The number of ketones is 1. The molecule has 1 aromatic carbocycles. The van der Waals surface area contributed by atoms with Gasteiger partial charge in [-0.1, -0.05) is 18.2 Å². The molecule has 0 radical (unpaired) electrons. The molecule has 0 spiro atoms. The summed E-state index contributed by atoms with van der Waals surface area (Å²) >= 11 is 3.39. The van der Waals surface area contributed by atoms with E-state index in [0.29, 0.717) is 17.6 Å². The number of benzene rings is 1. The van der Waals surface area contributed by atoms with Crippen LogP contribution in [0.3, 0.4) is 0 Å². The summed E-state index contributed by atoms with van der Waals surface area (Å²) in [5.74, 6) is 0.785. The Balaban J connectivity index is 1.70. The summed E-state index contributed by atoms with van der Waals surface area (Å²) in [5, 5.41) is 0.814. The second kappa shape index (κ2) is 4.70. The van der Waals surface area contributed by atoms with Crippen LogP contribution in [0.1, 0.15) is 15.9 Å². The van der Waals surface area contributed by atoms with Gasteiger partial charge in [0.1, 0.15) is 11.4 Å². The number of hydrogen-bond donors (Lipinski definition) is 1. The van der Waals surface area contributed by atoms with Crippen LogP contribution in [0.2, 0.25) is 0 Å². The molecule has 21 heavy (non-hydrogen) atoms. The number of H-pyrrole nitrogens is 1. The molecule has 3 aromatic rings. The number of aromatic amines is 1. The maximum Gasteiger partial charge on any atom is 0.205 e. The lowest BCUT2D eigenvalue weighted by atomic mass is 10.0. The lowest BCUT2D eigenvalue weighted by molar-refractivity contribution is 0.0826. The van der Waals surface area contributed by atoms with E-state index in [0.717, 1.165) is 21.2 Å². The van der Waals surface area contributed by atoms with Crippen molar-refractivity contribution in [3.63, 3.8) is 0 Å². The molecule has 0 bridgehead atoms. The zero-order valence-corrected chi connectivity index (χ0v) is 12.6. The Labute approximate surface area is 129 Å². The first-order chi connectivity index (χ1) is 10.2. The molecule has 5 heteroatoms. The number of fused-ring (bicyclic) bond motifs is 2. The van der Waals surface area contributed by atoms with Crippen LogP contribution >= 0.6 is 15.9 Å². The first kappa shape index (κ1) is 12.6. The average Bonchev–Trinajstić information content (AvgIpc) is 3.09. The molecule has 0 amide bonds. The van der Waals surface area contributed by atoms with Crippen molar-refractivity contribution in [2.45, 2.75) is 12.5 Å². The first-order valence-electron chi connectivity index (χ1n) is 6.64. The van der Waals surface area contributed by atoms with E-state index >= 15 is 0 Å². The average molecular weight is 343 g/mol. The van der Waals surface area contributed by atoms with Crippen LogP contribution in [0.25, 0.3) is 11.0 Å². The van der Waals surface area contributed by atoms with E-state index < -0.39 is 6.10 Å². The molecule has 0 saturated carbocycles. The maximum atomic E-state index is 12.7. The number of carbonyl (C=O) groups is 1. The van der Waals surface area contributed by atoms with Gasteiger partial charge in [-0.05, 0) is 33.6 Å². The number of nitrogens with one attached hydrogen (secondary N) is 1. The summed E-state index contributed by atoms with van der Waals surface area (Å²) in [7, 11) is 0. The van der Waals surface area contributed by atoms with E-state index in [4.69, 9.17) is 4.74 Å². The SMILES string of the molecule is O=C(c1c[nH]c2ncc(Br)cc12)C1Cc2ccccc2O1. The van der Waals surface area contributed by atoms with Gasteiger partial charge in [-0.3, -0.25) is 4.79 Å². The van der Waals surface area contributed by atoms with Crippen LogP contribution < -0.4 is 4.74 Å². The Morgan fingerprint density at radius 3 is 3.10 bits per heavy atom. The predicted octanol–water partition coefficient (Wildman–Crippen LogP) is 3.51. The van der Waals surface area contributed by atoms with Gasteiger partial charge in [0.25, 0.3) is 0 Å². The van der Waals surface area contributed by atoms with Crippen LogP contribution in [0.5, 0.6) is 5.75 Å². The van der Waals surface area contributed by atoms with Crippen molar-refractivity contribution < 1.29 is 9.53 Å². The molecule has 1 N–H and O–H groups in total. The highest BCUT2D eigenvalue weighted by atomic mass is 79.9. The van der Waals surface area contributed by atoms with Gasteiger partial charge in [0, 0.05) is 34.2 Å². The third-order valence-electron chi connectivity index (χ3n) is 3.70. The van der Waals surface area contributed by atoms with Crippen LogP contribution in [0.4, 0.5) is 0 Å². The fourth-order valence-corrected chi connectivity index (χ4v) is 3.01. The van der Waals surface area contributed by atoms with Crippen molar-refractivity contribution in [1.29, 1.82) is 0 Å². The monoisotopic (exact) mass is 342 g/mol. The predicted molar refractivity (Wildman–Crippen MR) is 82.7 cm³/mol. The number of aromatic nitrogens is 2. The molecule has 104 valence electrons. The first-order valence-corrected chi connectivity index (χ1v) is 7.43. The van der Waals surface area contributed by atoms with E-state index in [1.165, 1.54) is 0 Å². The topological polar surface area (TPSA) is 55.0 Å². The number of Topliss-reactive ketones (excluding diaryl/α,β-unsaturated/α-hetero) is 1. The number of ether oxygens (including phenoxy) is 1. The van der Waals surface area contributed by atoms with Gasteiger partial charge >= 0.3 is 0 Å². The summed E-state index contributed by atoms with van der Waals surface area (Å²) in [6.45, 7) is 0. The van der Waals surface area contributed by atoms with Crippen LogP contribution in [0.15, 0.2) is 47.2 Å². The highest BCUT2D eigenvalue weighted by Gasteiger charge is 2.31. The molecular formula is C16H11BrN2O2. The van der Waals surface area contributed by atoms with Crippen molar-refractivity contribution in [2.24, 2.45) is 0 Å². The zero-order chi connectivity index (χ0) is 14.4. The van der Waals surface area contributed by atoms with Gasteiger partial charge in [-0.2, -0.15) is 0 Å². The number of halogens is 1. The van der Waals surface area contributed by atoms with Crippen molar-refractivity contribution >= 4 is 32.7 Å². The van der Waals surface area contributed by atoms with Crippen molar-refractivity contribution in [1.82, 2.24) is 9.97 Å². The summed E-state index contributed by atoms with van der Waals surface area (Å²) in [5.41, 5.74) is 2.41. The Bertz CT molecular complexity index is 831. The molecule has 1 unspecified atom stereocenters. The van der Waals surface area contributed by atoms with Crippen molar-refractivity contribution in [3.05, 3.63) is 58.3 Å². The molecule has 0 aliphatic carbocycles. The van der Waals surface area contributed by atoms with E-state index in [9.17, 15) is 4.79 Å². The third kappa shape index (κ3) is 2.05. The lowest BCUT2D eigenvalue weighted by Gasteiger charge is -2.08. The molecule has 1 aliphatic rings. The fraction of sp³-hybridized carbons (Fsp3) is 0.125. The molecular weight excluding hydrogens is 332 g/mol. The molecule has 2 aromatic heterocycles. The van der Waals surface area contributed by atoms with Crippen LogP contribution in [0, 0.1) is 0 Å². The molecule has 0 saturated heterocycles. The van der Waals surface area contributed by atoms with E-state index in [-0.39, 0.29) is 5.78 Å². The normalized spacial score (nSPS) is 16.7. The smallest absolute Gasteiger partial charge is 0.205 e. The number of nitrogens with zero attached hydrogens (tertiary/aromatic N) is 1. The van der Waals surface area contributed by atoms with E-state index in [2.05, 4.69) is 25.9 Å². The highest BCUT2D eigenvalue weighted by Crippen LogP contribution is 2.31. The molecule has 1 atom stereocenters. The van der Waals surface area contributed by atoms with Gasteiger partial charge in [-0.15, -0.1) is 0 Å². The zero-order valence-electron chi connectivity index (χ0n) is 11.0. The van der Waals surface area contributed by atoms with E-state index in [1.54, 1.807) is 12.4 Å². The van der Waals surface area contributed by atoms with Crippen molar-refractivity contribution in [3.8, 4) is 5.75 Å². The minimum Gasteiger partial charge on any atom is -0.482 e. The Hall–Kier alpha value is -2.14. The van der Waals surface area contributed by atoms with Crippen LogP contribution in [-0.2, 0) is 6.42 Å². The summed E-state index contributed by atoms with van der Waals surface area (Å²) < 4.78 is 6.62. The lowest BCUT2D eigenvalue weighted by Crippen LogP contribution is -2.25. The number of pyridine rings is 1. The van der Waals surface area contributed by atoms with Gasteiger partial charge in [-0.25, -0.2) is 4.98 Å². The Kier molecular flexibility index (Phi) is 2.82. The van der Waals surface area contributed by atoms with Gasteiger partial charge in [0.2, 0.25) is 5.78 Å². The fourth-order valence-electron chi connectivity index (χ4n) is 2.68. The molecule has 4 nitrogen and oxygen atoms in total. The van der Waals surface area contributed by atoms with Crippen molar-refractivity contribution in [2.75, 3.05) is 0 Å². The Morgan fingerprint density at radius 1 is 1.38 bits per heavy atom. The maximum absolute atomic E-state index is 12.7. The van der Waals surface area contributed by atoms with Gasteiger partial charge in [0.05, 0.1) is 0 Å². The van der Waals surface area contributed by atoms with E-state index in [1.807, 2.05) is 30.3 Å².